The molecule has 1 atom stereocenters. The lowest BCUT2D eigenvalue weighted by Crippen LogP contribution is -2.37. The maximum absolute atomic E-state index is 12.0. The molecule has 0 saturated heterocycles. The molecule has 5 nitrogen and oxygen atoms in total. The predicted molar refractivity (Wildman–Crippen MR) is 86.8 cm³/mol. The highest BCUT2D eigenvalue weighted by Gasteiger charge is 2.22. The van der Waals surface area contributed by atoms with Crippen molar-refractivity contribution in [3.05, 3.63) is 35.9 Å². The minimum atomic E-state index is -0.353. The number of carbonyl (C=O) groups is 2. The molecule has 2 rings (SSSR count). The molecule has 0 bridgehead atoms. The van der Waals surface area contributed by atoms with Crippen LogP contribution in [0.25, 0.3) is 0 Å². The molecule has 1 aromatic rings. The van der Waals surface area contributed by atoms with Gasteiger partial charge in [-0.25, -0.2) is 0 Å². The second kappa shape index (κ2) is 9.43. The first kappa shape index (κ1) is 18.5. The average molecular weight is 327 g/mol. The van der Waals surface area contributed by atoms with Crippen LogP contribution in [0.3, 0.4) is 0 Å². The highest BCUT2D eigenvalue weighted by molar-refractivity contribution is 5.85. The van der Waals surface area contributed by atoms with E-state index in [1.807, 2.05) is 30.3 Å². The van der Waals surface area contributed by atoms with Crippen molar-refractivity contribution in [2.45, 2.75) is 25.3 Å². The van der Waals surface area contributed by atoms with Crippen LogP contribution in [0, 0.1) is 5.92 Å². The molecule has 1 aliphatic carbocycles. The summed E-state index contributed by atoms with van der Waals surface area (Å²) >= 11 is 0. The van der Waals surface area contributed by atoms with Gasteiger partial charge in [0.25, 0.3) is 0 Å². The number of ether oxygens (including phenoxy) is 1. The first-order chi connectivity index (χ1) is 10.2. The molecular weight excluding hydrogens is 304 g/mol. The minimum absolute atomic E-state index is 0. The topological polar surface area (TPSA) is 67.4 Å². The van der Waals surface area contributed by atoms with Crippen LogP contribution >= 0.6 is 12.4 Å². The van der Waals surface area contributed by atoms with Crippen LogP contribution in [0.1, 0.15) is 30.9 Å². The second-order valence-corrected chi connectivity index (χ2v) is 5.39. The Hall–Kier alpha value is -1.59. The Labute approximate surface area is 137 Å². The van der Waals surface area contributed by atoms with Gasteiger partial charge in [-0.2, -0.15) is 0 Å². The fourth-order valence-corrected chi connectivity index (χ4v) is 2.14. The third-order valence-corrected chi connectivity index (χ3v) is 3.55. The lowest BCUT2D eigenvalue weighted by atomic mass is 10.0. The third-order valence-electron chi connectivity index (χ3n) is 3.55. The van der Waals surface area contributed by atoms with E-state index in [4.69, 9.17) is 4.74 Å². The van der Waals surface area contributed by atoms with E-state index in [9.17, 15) is 9.59 Å². The summed E-state index contributed by atoms with van der Waals surface area (Å²) in [4.78, 5) is 23.5. The zero-order chi connectivity index (χ0) is 15.1. The Kier molecular flexibility index (Phi) is 7.91. The minimum Gasteiger partial charge on any atom is -0.469 e. The van der Waals surface area contributed by atoms with E-state index in [1.165, 1.54) is 20.0 Å². The molecule has 0 heterocycles. The molecule has 122 valence electrons. The summed E-state index contributed by atoms with van der Waals surface area (Å²) in [5.41, 5.74) is 0.901. The average Bonchev–Trinajstić information content (AvgIpc) is 3.31. The van der Waals surface area contributed by atoms with Gasteiger partial charge < -0.3 is 15.4 Å². The van der Waals surface area contributed by atoms with Gasteiger partial charge in [0, 0.05) is 0 Å². The van der Waals surface area contributed by atoms with Gasteiger partial charge >= 0.3 is 5.97 Å². The van der Waals surface area contributed by atoms with Crippen LogP contribution in [0.2, 0.25) is 0 Å². The van der Waals surface area contributed by atoms with Crippen LogP contribution < -0.4 is 10.6 Å². The molecule has 0 aliphatic heterocycles. The van der Waals surface area contributed by atoms with Gasteiger partial charge in [-0.1, -0.05) is 30.3 Å². The number of methoxy groups -OCH3 is 1. The monoisotopic (exact) mass is 326 g/mol. The summed E-state index contributed by atoms with van der Waals surface area (Å²) in [5, 5.41) is 6.03. The maximum Gasteiger partial charge on any atom is 0.307 e. The van der Waals surface area contributed by atoms with Crippen LogP contribution in [0.15, 0.2) is 30.3 Å². The summed E-state index contributed by atoms with van der Waals surface area (Å²) in [6, 6.07) is 9.11. The second-order valence-electron chi connectivity index (χ2n) is 5.39. The van der Waals surface area contributed by atoms with Gasteiger partial charge in [0.05, 0.1) is 26.1 Å². The third kappa shape index (κ3) is 6.45. The zero-order valence-electron chi connectivity index (χ0n) is 12.7. The first-order valence-corrected chi connectivity index (χ1v) is 7.31. The molecular formula is C16H23ClN2O3. The van der Waals surface area contributed by atoms with Gasteiger partial charge in [0.2, 0.25) is 5.91 Å². The Bertz CT molecular complexity index is 478. The summed E-state index contributed by atoms with van der Waals surface area (Å²) in [7, 11) is 1.35. The summed E-state index contributed by atoms with van der Waals surface area (Å²) in [5.74, 6) is 0.293. The van der Waals surface area contributed by atoms with Gasteiger partial charge in [0.1, 0.15) is 0 Å². The number of hydrogen-bond donors (Lipinski definition) is 2. The number of esters is 1. The fraction of sp³-hybridized carbons (Fsp3) is 0.500. The van der Waals surface area contributed by atoms with E-state index >= 15 is 0 Å². The lowest BCUT2D eigenvalue weighted by molar-refractivity contribution is -0.141. The van der Waals surface area contributed by atoms with E-state index in [0.29, 0.717) is 0 Å². The highest BCUT2D eigenvalue weighted by atomic mass is 35.5. The van der Waals surface area contributed by atoms with Crippen LogP contribution in [-0.2, 0) is 14.3 Å². The summed E-state index contributed by atoms with van der Waals surface area (Å²) in [6.45, 7) is 1.17. The predicted octanol–water partition coefficient (Wildman–Crippen LogP) is 1.83. The van der Waals surface area contributed by atoms with Crippen LogP contribution in [-0.4, -0.2) is 32.1 Å². The standard InChI is InChI=1S/C16H22N2O3.ClH/c1-21-16(20)9-14(13-5-3-2-4-6-13)18-15(19)11-17-10-12-7-8-12;/h2-6,12,14,17H,7-11H2,1H3,(H,18,19);1H. The van der Waals surface area contributed by atoms with Crippen molar-refractivity contribution < 1.29 is 14.3 Å². The number of hydrogen-bond acceptors (Lipinski definition) is 4. The molecule has 2 N–H and O–H groups in total. The van der Waals surface area contributed by atoms with Gasteiger partial charge in [-0.05, 0) is 30.9 Å². The number of rotatable bonds is 8. The van der Waals surface area contributed by atoms with Crippen molar-refractivity contribution in [2.24, 2.45) is 5.92 Å². The van der Waals surface area contributed by atoms with Crippen LogP contribution in [0.5, 0.6) is 0 Å². The summed E-state index contributed by atoms with van der Waals surface area (Å²) in [6.07, 6.45) is 2.64. The number of amides is 1. The Morgan fingerprint density at radius 2 is 1.95 bits per heavy atom. The Balaban J connectivity index is 0.00000242. The molecule has 1 aliphatic rings. The van der Waals surface area contributed by atoms with Crippen molar-refractivity contribution in [1.29, 1.82) is 0 Å². The van der Waals surface area contributed by atoms with Crippen molar-refractivity contribution in [1.82, 2.24) is 10.6 Å². The molecule has 1 amide bonds. The molecule has 22 heavy (non-hydrogen) atoms. The molecule has 0 aromatic heterocycles. The Morgan fingerprint density at radius 1 is 1.27 bits per heavy atom. The first-order valence-electron chi connectivity index (χ1n) is 7.31. The SMILES string of the molecule is COC(=O)CC(NC(=O)CNCC1CC1)c1ccccc1.Cl. The van der Waals surface area contributed by atoms with Crippen molar-refractivity contribution in [3.63, 3.8) is 0 Å². The summed E-state index contributed by atoms with van der Waals surface area (Å²) < 4.78 is 4.70. The smallest absolute Gasteiger partial charge is 0.307 e. The van der Waals surface area contributed by atoms with E-state index in [0.717, 1.165) is 18.0 Å². The van der Waals surface area contributed by atoms with Gasteiger partial charge in [-0.15, -0.1) is 12.4 Å². The van der Waals surface area contributed by atoms with Crippen LogP contribution in [0.4, 0.5) is 0 Å². The zero-order valence-corrected chi connectivity index (χ0v) is 13.5. The molecule has 6 heteroatoms. The largest absolute Gasteiger partial charge is 0.469 e. The molecule has 1 saturated carbocycles. The van der Waals surface area contributed by atoms with E-state index < -0.39 is 0 Å². The highest BCUT2D eigenvalue weighted by Crippen LogP contribution is 2.27. The van der Waals surface area contributed by atoms with Crippen molar-refractivity contribution in [2.75, 3.05) is 20.2 Å². The van der Waals surface area contributed by atoms with E-state index in [2.05, 4.69) is 10.6 Å². The van der Waals surface area contributed by atoms with E-state index in [-0.39, 0.29) is 43.3 Å². The molecule has 1 unspecified atom stereocenters. The van der Waals surface area contributed by atoms with E-state index in [1.54, 1.807) is 0 Å². The molecule has 1 aromatic carbocycles. The van der Waals surface area contributed by atoms with Gasteiger partial charge in [-0.3, -0.25) is 9.59 Å². The van der Waals surface area contributed by atoms with Crippen molar-refractivity contribution in [3.8, 4) is 0 Å². The normalized spacial score (nSPS) is 14.6. The Morgan fingerprint density at radius 3 is 2.55 bits per heavy atom. The molecule has 0 spiro atoms. The quantitative estimate of drug-likeness (QED) is 0.715. The fourth-order valence-electron chi connectivity index (χ4n) is 2.14. The number of benzene rings is 1. The lowest BCUT2D eigenvalue weighted by Gasteiger charge is -2.18. The van der Waals surface area contributed by atoms with Crippen molar-refractivity contribution >= 4 is 24.3 Å². The number of carbonyl (C=O) groups excluding carboxylic acids is 2. The number of halogens is 1. The molecule has 0 radical (unpaired) electrons. The number of nitrogens with one attached hydrogen (secondary N) is 2. The molecule has 1 fully saturated rings. The maximum atomic E-state index is 12.0. The van der Waals surface area contributed by atoms with Gasteiger partial charge in [0.15, 0.2) is 0 Å².